The third kappa shape index (κ3) is 4.30. The van der Waals surface area contributed by atoms with E-state index in [9.17, 15) is 9.59 Å². The maximum absolute atomic E-state index is 11.9. The summed E-state index contributed by atoms with van der Waals surface area (Å²) >= 11 is 0. The molecular weight excluding hydrogens is 330 g/mol. The lowest BCUT2D eigenvalue weighted by Gasteiger charge is -2.13. The van der Waals surface area contributed by atoms with Gasteiger partial charge in [-0.15, -0.1) is 0 Å². The molecule has 6 heteroatoms. The van der Waals surface area contributed by atoms with Crippen LogP contribution in [0.2, 0.25) is 0 Å². The van der Waals surface area contributed by atoms with Crippen molar-refractivity contribution in [2.75, 3.05) is 5.73 Å². The minimum atomic E-state index is -0.875. The van der Waals surface area contributed by atoms with Gasteiger partial charge < -0.3 is 16.2 Å². The number of ether oxygens (including phenoxy) is 1. The quantitative estimate of drug-likeness (QED) is 0.616. The number of anilines is 1. The van der Waals surface area contributed by atoms with Crippen molar-refractivity contribution in [1.82, 2.24) is 5.32 Å². The van der Waals surface area contributed by atoms with Crippen LogP contribution in [0.5, 0.6) is 5.75 Å². The topological polar surface area (TPSA) is 107 Å². The number of nitrogens with one attached hydrogen (secondary N) is 1. The summed E-state index contributed by atoms with van der Waals surface area (Å²) < 4.78 is 5.94. The van der Waals surface area contributed by atoms with Gasteiger partial charge in [-0.3, -0.25) is 10.1 Å². The third-order valence-corrected chi connectivity index (χ3v) is 3.92. The first kappa shape index (κ1) is 17.3. The van der Waals surface area contributed by atoms with Crippen molar-refractivity contribution < 1.29 is 14.3 Å². The van der Waals surface area contributed by atoms with Gasteiger partial charge in [0, 0.05) is 11.3 Å². The fourth-order valence-corrected chi connectivity index (χ4v) is 2.67. The van der Waals surface area contributed by atoms with Crippen molar-refractivity contribution in [3.8, 4) is 5.75 Å². The number of hydrogen-bond acceptors (Lipinski definition) is 4. The molecule has 132 valence electrons. The Balaban J connectivity index is 1.87. The number of nitrogens with two attached hydrogens (primary N) is 2. The molecule has 5 N–H and O–H groups in total. The van der Waals surface area contributed by atoms with Gasteiger partial charge in [0.05, 0.1) is 6.42 Å². The summed E-state index contributed by atoms with van der Waals surface area (Å²) in [5, 5.41) is 4.06. The molecular formula is C20H19N3O3. The maximum atomic E-state index is 11.9. The zero-order valence-electron chi connectivity index (χ0n) is 14.1. The first-order valence-electron chi connectivity index (χ1n) is 8.09. The summed E-state index contributed by atoms with van der Waals surface area (Å²) in [6, 6.07) is 18.1. The molecule has 3 aromatic carbocycles. The molecule has 0 saturated carbocycles. The average Bonchev–Trinajstić information content (AvgIpc) is 2.60. The fourth-order valence-electron chi connectivity index (χ4n) is 2.67. The lowest BCUT2D eigenvalue weighted by Crippen LogP contribution is -2.36. The standard InChI is InChI=1S/C20H19N3O3/c21-17-7-5-13(6-8-17)12-26-18-10-15-4-2-1-3-14(15)9-16(18)11-19(24)23-20(22)25/h1-10H,11-12,21H2,(H3,22,23,24,25). The number of hydrogen-bond donors (Lipinski definition) is 3. The first-order chi connectivity index (χ1) is 12.5. The van der Waals surface area contributed by atoms with Crippen LogP contribution in [0.3, 0.4) is 0 Å². The fraction of sp³-hybridized carbons (Fsp3) is 0.100. The van der Waals surface area contributed by atoms with Gasteiger partial charge in [-0.2, -0.15) is 0 Å². The molecule has 0 aliphatic heterocycles. The molecule has 6 nitrogen and oxygen atoms in total. The van der Waals surface area contributed by atoms with Gasteiger partial charge in [0.1, 0.15) is 12.4 Å². The molecule has 3 rings (SSSR count). The smallest absolute Gasteiger partial charge is 0.318 e. The number of nitrogen functional groups attached to an aromatic ring is 1. The van der Waals surface area contributed by atoms with E-state index in [-0.39, 0.29) is 6.42 Å². The van der Waals surface area contributed by atoms with Crippen LogP contribution < -0.4 is 21.5 Å². The van der Waals surface area contributed by atoms with Crippen molar-refractivity contribution in [1.29, 1.82) is 0 Å². The van der Waals surface area contributed by atoms with Gasteiger partial charge in [0.15, 0.2) is 0 Å². The van der Waals surface area contributed by atoms with Crippen molar-refractivity contribution in [2.45, 2.75) is 13.0 Å². The molecule has 0 radical (unpaired) electrons. The number of amides is 3. The summed E-state index contributed by atoms with van der Waals surface area (Å²) in [7, 11) is 0. The Labute approximate surface area is 150 Å². The van der Waals surface area contributed by atoms with Gasteiger partial charge in [-0.1, -0.05) is 36.4 Å². The number of carbonyl (C=O) groups excluding carboxylic acids is 2. The third-order valence-electron chi connectivity index (χ3n) is 3.92. The van der Waals surface area contributed by atoms with Crippen LogP contribution in [0, 0.1) is 0 Å². The van der Waals surface area contributed by atoms with Crippen LogP contribution in [0.25, 0.3) is 10.8 Å². The number of fused-ring (bicyclic) bond motifs is 1. The predicted molar refractivity (Wildman–Crippen MR) is 101 cm³/mol. The van der Waals surface area contributed by atoms with Gasteiger partial charge in [-0.25, -0.2) is 4.79 Å². The van der Waals surface area contributed by atoms with E-state index in [1.54, 1.807) is 12.1 Å². The van der Waals surface area contributed by atoms with Crippen LogP contribution in [0.4, 0.5) is 10.5 Å². The molecule has 0 aromatic heterocycles. The highest BCUT2D eigenvalue weighted by Crippen LogP contribution is 2.27. The summed E-state index contributed by atoms with van der Waals surface area (Å²) in [4.78, 5) is 22.8. The highest BCUT2D eigenvalue weighted by atomic mass is 16.5. The Kier molecular flexibility index (Phi) is 5.03. The Morgan fingerprint density at radius 2 is 1.62 bits per heavy atom. The molecule has 3 aromatic rings. The Hall–Kier alpha value is -3.54. The maximum Gasteiger partial charge on any atom is 0.318 e. The Morgan fingerprint density at radius 1 is 0.962 bits per heavy atom. The number of urea groups is 1. The van der Waals surface area contributed by atoms with Crippen LogP contribution in [0.1, 0.15) is 11.1 Å². The molecule has 0 aliphatic carbocycles. The van der Waals surface area contributed by atoms with E-state index in [1.807, 2.05) is 48.5 Å². The zero-order chi connectivity index (χ0) is 18.5. The Morgan fingerprint density at radius 3 is 2.27 bits per heavy atom. The number of carbonyl (C=O) groups is 2. The van der Waals surface area contributed by atoms with E-state index in [2.05, 4.69) is 5.32 Å². The molecule has 0 saturated heterocycles. The van der Waals surface area contributed by atoms with E-state index in [4.69, 9.17) is 16.2 Å². The van der Waals surface area contributed by atoms with Crippen LogP contribution in [-0.4, -0.2) is 11.9 Å². The van der Waals surface area contributed by atoms with Crippen LogP contribution in [0.15, 0.2) is 60.7 Å². The van der Waals surface area contributed by atoms with E-state index in [0.717, 1.165) is 16.3 Å². The van der Waals surface area contributed by atoms with Gasteiger partial charge >= 0.3 is 6.03 Å². The summed E-state index contributed by atoms with van der Waals surface area (Å²) in [5.74, 6) is 0.102. The molecule has 0 unspecified atom stereocenters. The number of benzene rings is 3. The van der Waals surface area contributed by atoms with E-state index < -0.39 is 11.9 Å². The normalized spacial score (nSPS) is 10.5. The predicted octanol–water partition coefficient (Wildman–Crippen LogP) is 2.74. The van der Waals surface area contributed by atoms with E-state index in [0.29, 0.717) is 23.6 Å². The second kappa shape index (κ2) is 7.57. The van der Waals surface area contributed by atoms with Crippen molar-refractivity contribution in [3.63, 3.8) is 0 Å². The number of rotatable bonds is 5. The summed E-state index contributed by atoms with van der Waals surface area (Å²) in [6.45, 7) is 0.336. The highest BCUT2D eigenvalue weighted by molar-refractivity contribution is 5.95. The van der Waals surface area contributed by atoms with E-state index in [1.165, 1.54) is 0 Å². The minimum Gasteiger partial charge on any atom is -0.489 e. The number of imide groups is 1. The second-order valence-electron chi connectivity index (χ2n) is 5.93. The number of primary amides is 1. The molecule has 0 atom stereocenters. The Bertz CT molecular complexity index is 952. The van der Waals surface area contributed by atoms with Crippen LogP contribution in [-0.2, 0) is 17.8 Å². The molecule has 0 heterocycles. The minimum absolute atomic E-state index is 0.00908. The van der Waals surface area contributed by atoms with E-state index >= 15 is 0 Å². The van der Waals surface area contributed by atoms with Crippen molar-refractivity contribution in [2.24, 2.45) is 5.73 Å². The summed E-state index contributed by atoms with van der Waals surface area (Å²) in [5.41, 5.74) is 13.0. The molecule has 0 fully saturated rings. The molecule has 26 heavy (non-hydrogen) atoms. The largest absolute Gasteiger partial charge is 0.489 e. The average molecular weight is 349 g/mol. The molecule has 0 spiro atoms. The highest BCUT2D eigenvalue weighted by Gasteiger charge is 2.12. The second-order valence-corrected chi connectivity index (χ2v) is 5.93. The monoisotopic (exact) mass is 349 g/mol. The van der Waals surface area contributed by atoms with Crippen LogP contribution >= 0.6 is 0 Å². The summed E-state index contributed by atoms with van der Waals surface area (Å²) in [6.07, 6.45) is -0.00908. The SMILES string of the molecule is NC(=O)NC(=O)Cc1cc2ccccc2cc1OCc1ccc(N)cc1. The van der Waals surface area contributed by atoms with Crippen molar-refractivity contribution in [3.05, 3.63) is 71.8 Å². The zero-order valence-corrected chi connectivity index (χ0v) is 14.1. The molecule has 3 amide bonds. The molecule has 0 bridgehead atoms. The van der Waals surface area contributed by atoms with Gasteiger partial charge in [-0.05, 0) is 40.6 Å². The first-order valence-corrected chi connectivity index (χ1v) is 8.09. The van der Waals surface area contributed by atoms with Gasteiger partial charge in [0.25, 0.3) is 0 Å². The molecule has 0 aliphatic rings. The lowest BCUT2D eigenvalue weighted by molar-refractivity contribution is -0.119. The lowest BCUT2D eigenvalue weighted by atomic mass is 10.0. The van der Waals surface area contributed by atoms with Gasteiger partial charge in [0.2, 0.25) is 5.91 Å². The van der Waals surface area contributed by atoms with Crippen molar-refractivity contribution >= 4 is 28.4 Å².